The van der Waals surface area contributed by atoms with Gasteiger partial charge in [-0.2, -0.15) is 10.1 Å². The normalized spacial score (nSPS) is 17.7. The number of imidazole rings is 1. The van der Waals surface area contributed by atoms with Crippen LogP contribution in [0.2, 0.25) is 0 Å². The molecule has 4 aromatic rings. The van der Waals surface area contributed by atoms with Crippen LogP contribution in [0.15, 0.2) is 36.9 Å². The maximum absolute atomic E-state index is 11.6. The van der Waals surface area contributed by atoms with Gasteiger partial charge in [0, 0.05) is 61.8 Å². The molecular weight excluding hydrogens is 344 g/mol. The summed E-state index contributed by atoms with van der Waals surface area (Å²) in [6.45, 7) is 0.658. The number of rotatable bonds is 3. The monoisotopic (exact) mass is 362 g/mol. The minimum Gasteiger partial charge on any atom is -0.350 e. The molecular formula is C18H18N8O. The van der Waals surface area contributed by atoms with Crippen molar-refractivity contribution in [1.82, 2.24) is 34.4 Å². The van der Waals surface area contributed by atoms with Crippen LogP contribution >= 0.6 is 0 Å². The Hall–Kier alpha value is -3.49. The lowest BCUT2D eigenvalue weighted by atomic mass is 10.1. The zero-order valence-corrected chi connectivity index (χ0v) is 14.8. The van der Waals surface area contributed by atoms with E-state index in [0.717, 1.165) is 34.4 Å². The van der Waals surface area contributed by atoms with Crippen LogP contribution in [0.25, 0.3) is 27.9 Å². The highest BCUT2D eigenvalue weighted by Crippen LogP contribution is 2.26. The average molecular weight is 362 g/mol. The van der Waals surface area contributed by atoms with E-state index in [1.807, 2.05) is 31.6 Å². The Kier molecular flexibility index (Phi) is 3.52. The lowest BCUT2D eigenvalue weighted by Gasteiger charge is -2.30. The molecule has 0 aromatic carbocycles. The van der Waals surface area contributed by atoms with Gasteiger partial charge in [0.1, 0.15) is 5.65 Å². The Morgan fingerprint density at radius 1 is 1.30 bits per heavy atom. The fourth-order valence-electron chi connectivity index (χ4n) is 3.46. The molecule has 1 aliphatic heterocycles. The standard InChI is InChI=1S/C18H18N8O/c1-25-10-11(2-5-16(25)27)22-18-21-9-13-12(8-20-17(13)23-18)14-3-4-15-19-6-7-26(15)24-14/h3-4,6-9,11H,2,5,10H2,1H3,(H2,20,21,22,23). The van der Waals surface area contributed by atoms with E-state index in [1.54, 1.807) is 21.8 Å². The molecule has 9 nitrogen and oxygen atoms in total. The minimum absolute atomic E-state index is 0.157. The molecule has 27 heavy (non-hydrogen) atoms. The van der Waals surface area contributed by atoms with Gasteiger partial charge in [-0.25, -0.2) is 14.5 Å². The van der Waals surface area contributed by atoms with Gasteiger partial charge in [0.25, 0.3) is 0 Å². The number of fused-ring (bicyclic) bond motifs is 2. The molecule has 1 amide bonds. The summed E-state index contributed by atoms with van der Waals surface area (Å²) in [5.74, 6) is 0.738. The Labute approximate surface area is 154 Å². The molecule has 5 heterocycles. The first kappa shape index (κ1) is 15.7. The molecule has 9 heteroatoms. The zero-order chi connectivity index (χ0) is 18.4. The molecule has 0 spiro atoms. The Bertz CT molecular complexity index is 1150. The first-order valence-electron chi connectivity index (χ1n) is 8.83. The van der Waals surface area contributed by atoms with Crippen molar-refractivity contribution in [2.75, 3.05) is 18.9 Å². The summed E-state index contributed by atoms with van der Waals surface area (Å²) in [6, 6.07) is 4.02. The number of nitrogens with one attached hydrogen (secondary N) is 2. The maximum atomic E-state index is 11.6. The molecule has 5 rings (SSSR count). The van der Waals surface area contributed by atoms with E-state index in [1.165, 1.54) is 0 Å². The Balaban J connectivity index is 1.43. The van der Waals surface area contributed by atoms with Crippen LogP contribution in [-0.4, -0.2) is 60.0 Å². The Morgan fingerprint density at radius 2 is 2.22 bits per heavy atom. The molecule has 1 fully saturated rings. The molecule has 1 atom stereocenters. The van der Waals surface area contributed by atoms with E-state index in [-0.39, 0.29) is 11.9 Å². The minimum atomic E-state index is 0.157. The highest BCUT2D eigenvalue weighted by molar-refractivity contribution is 5.92. The molecule has 136 valence electrons. The number of hydrogen-bond donors (Lipinski definition) is 2. The summed E-state index contributed by atoms with van der Waals surface area (Å²) in [7, 11) is 1.82. The number of aromatic amines is 1. The third-order valence-electron chi connectivity index (χ3n) is 4.92. The van der Waals surface area contributed by atoms with Gasteiger partial charge in [-0.1, -0.05) is 0 Å². The van der Waals surface area contributed by atoms with Gasteiger partial charge in [0.15, 0.2) is 5.65 Å². The molecule has 0 radical (unpaired) electrons. The molecule has 0 saturated carbocycles. The fraction of sp³-hybridized carbons (Fsp3) is 0.278. The third kappa shape index (κ3) is 2.77. The van der Waals surface area contributed by atoms with Gasteiger partial charge < -0.3 is 15.2 Å². The summed E-state index contributed by atoms with van der Waals surface area (Å²) in [5.41, 5.74) is 3.31. The fourth-order valence-corrected chi connectivity index (χ4v) is 3.46. The van der Waals surface area contributed by atoms with Crippen molar-refractivity contribution in [3.63, 3.8) is 0 Å². The van der Waals surface area contributed by atoms with Crippen LogP contribution in [-0.2, 0) is 4.79 Å². The van der Waals surface area contributed by atoms with Crippen LogP contribution in [0, 0.1) is 0 Å². The van der Waals surface area contributed by atoms with Gasteiger partial charge >= 0.3 is 0 Å². The summed E-state index contributed by atoms with van der Waals surface area (Å²) >= 11 is 0. The molecule has 0 bridgehead atoms. The predicted molar refractivity (Wildman–Crippen MR) is 100 cm³/mol. The summed E-state index contributed by atoms with van der Waals surface area (Å²) in [6.07, 6.45) is 8.56. The third-order valence-corrected chi connectivity index (χ3v) is 4.92. The second-order valence-corrected chi connectivity index (χ2v) is 6.76. The first-order chi connectivity index (χ1) is 13.2. The highest BCUT2D eigenvalue weighted by Gasteiger charge is 2.23. The quantitative estimate of drug-likeness (QED) is 0.575. The summed E-state index contributed by atoms with van der Waals surface area (Å²) in [5, 5.41) is 8.82. The van der Waals surface area contributed by atoms with Crippen LogP contribution in [0.3, 0.4) is 0 Å². The number of likely N-dealkylation sites (N-methyl/N-ethyl adjacent to an activating group) is 1. The topological polar surface area (TPSA) is 104 Å². The van der Waals surface area contributed by atoms with Gasteiger partial charge in [-0.05, 0) is 18.6 Å². The van der Waals surface area contributed by atoms with Crippen LogP contribution in [0.1, 0.15) is 12.8 Å². The number of piperidine rings is 1. The number of carbonyl (C=O) groups is 1. The van der Waals surface area contributed by atoms with E-state index >= 15 is 0 Å². The Morgan fingerprint density at radius 3 is 3.11 bits per heavy atom. The number of likely N-dealkylation sites (tertiary alicyclic amines) is 1. The van der Waals surface area contributed by atoms with Gasteiger partial charge in [-0.15, -0.1) is 0 Å². The van der Waals surface area contributed by atoms with E-state index in [9.17, 15) is 4.79 Å². The molecule has 1 aliphatic rings. The van der Waals surface area contributed by atoms with Gasteiger partial charge in [0.05, 0.1) is 5.69 Å². The van der Waals surface area contributed by atoms with Crippen molar-refractivity contribution in [1.29, 1.82) is 0 Å². The number of amides is 1. The van der Waals surface area contributed by atoms with Gasteiger partial charge in [-0.3, -0.25) is 4.79 Å². The van der Waals surface area contributed by atoms with E-state index < -0.39 is 0 Å². The maximum Gasteiger partial charge on any atom is 0.224 e. The number of H-pyrrole nitrogens is 1. The number of hydrogen-bond acceptors (Lipinski definition) is 6. The number of nitrogens with zero attached hydrogens (tertiary/aromatic N) is 6. The molecule has 2 N–H and O–H groups in total. The van der Waals surface area contributed by atoms with Crippen molar-refractivity contribution < 1.29 is 4.79 Å². The average Bonchev–Trinajstić information content (AvgIpc) is 3.30. The predicted octanol–water partition coefficient (Wildman–Crippen LogP) is 1.70. The number of aromatic nitrogens is 6. The van der Waals surface area contributed by atoms with Crippen LogP contribution in [0.5, 0.6) is 0 Å². The lowest BCUT2D eigenvalue weighted by molar-refractivity contribution is -0.132. The van der Waals surface area contributed by atoms with Crippen LogP contribution < -0.4 is 5.32 Å². The number of anilines is 1. The molecule has 4 aromatic heterocycles. The molecule has 1 unspecified atom stereocenters. The lowest BCUT2D eigenvalue weighted by Crippen LogP contribution is -2.43. The van der Waals surface area contributed by atoms with E-state index in [2.05, 4.69) is 30.4 Å². The summed E-state index contributed by atoms with van der Waals surface area (Å²) in [4.78, 5) is 29.8. The largest absolute Gasteiger partial charge is 0.350 e. The molecule has 1 saturated heterocycles. The van der Waals surface area contributed by atoms with Crippen molar-refractivity contribution in [2.24, 2.45) is 0 Å². The molecule has 0 aliphatic carbocycles. The zero-order valence-electron chi connectivity index (χ0n) is 14.8. The van der Waals surface area contributed by atoms with Crippen molar-refractivity contribution in [3.8, 4) is 11.3 Å². The highest BCUT2D eigenvalue weighted by atomic mass is 16.2. The van der Waals surface area contributed by atoms with Crippen molar-refractivity contribution in [3.05, 3.63) is 36.9 Å². The van der Waals surface area contributed by atoms with Crippen molar-refractivity contribution >= 4 is 28.5 Å². The van der Waals surface area contributed by atoms with Crippen LogP contribution in [0.4, 0.5) is 5.95 Å². The first-order valence-corrected chi connectivity index (χ1v) is 8.83. The second-order valence-electron chi connectivity index (χ2n) is 6.76. The van der Waals surface area contributed by atoms with E-state index in [4.69, 9.17) is 0 Å². The second kappa shape index (κ2) is 6.04. The number of carbonyl (C=O) groups excluding carboxylic acids is 1. The van der Waals surface area contributed by atoms with Gasteiger partial charge in [0.2, 0.25) is 11.9 Å². The van der Waals surface area contributed by atoms with E-state index in [0.29, 0.717) is 18.9 Å². The smallest absolute Gasteiger partial charge is 0.224 e. The SMILES string of the molecule is CN1CC(Nc2ncc3c(-c4ccc5nccn5n4)c[nH]c3n2)CCC1=O. The summed E-state index contributed by atoms with van der Waals surface area (Å²) < 4.78 is 1.74. The van der Waals surface area contributed by atoms with Crippen molar-refractivity contribution in [2.45, 2.75) is 18.9 Å².